The summed E-state index contributed by atoms with van der Waals surface area (Å²) < 4.78 is 15.5. The molecule has 24 heavy (non-hydrogen) atoms. The van der Waals surface area contributed by atoms with Gasteiger partial charge in [-0.1, -0.05) is 0 Å². The van der Waals surface area contributed by atoms with Gasteiger partial charge in [-0.15, -0.1) is 10.2 Å². The maximum Gasteiger partial charge on any atom is 0.338 e. The van der Waals surface area contributed by atoms with Crippen molar-refractivity contribution >= 4 is 11.7 Å². The molecule has 9 heteroatoms. The van der Waals surface area contributed by atoms with E-state index in [0.717, 1.165) is 0 Å². The van der Waals surface area contributed by atoms with E-state index in [9.17, 15) is 14.9 Å². The third-order valence-electron chi connectivity index (χ3n) is 3.15. The lowest BCUT2D eigenvalue weighted by Crippen LogP contribution is -2.06. The zero-order chi connectivity index (χ0) is 17.1. The van der Waals surface area contributed by atoms with E-state index in [1.807, 2.05) is 0 Å². The number of nitrogens with zero attached hydrogens (tertiary/aromatic N) is 3. The number of aryl methyl sites for hydroxylation is 1. The van der Waals surface area contributed by atoms with Crippen LogP contribution < -0.4 is 0 Å². The zero-order valence-electron chi connectivity index (χ0n) is 12.5. The molecule has 0 radical (unpaired) electrons. The number of nitro benzene ring substituents is 1. The second-order valence-electron chi connectivity index (χ2n) is 4.81. The Morgan fingerprint density at radius 3 is 2.83 bits per heavy atom. The van der Waals surface area contributed by atoms with Crippen molar-refractivity contribution in [1.29, 1.82) is 0 Å². The first-order valence-electron chi connectivity index (χ1n) is 6.83. The van der Waals surface area contributed by atoms with Crippen LogP contribution >= 0.6 is 0 Å². The molecule has 0 bridgehead atoms. The molecule has 0 aliphatic heterocycles. The Morgan fingerprint density at radius 2 is 2.17 bits per heavy atom. The molecule has 0 fully saturated rings. The molecule has 1 aromatic carbocycles. The van der Waals surface area contributed by atoms with E-state index >= 15 is 0 Å². The topological polar surface area (TPSA) is 122 Å². The van der Waals surface area contributed by atoms with Crippen molar-refractivity contribution in [2.45, 2.75) is 13.5 Å². The molecule has 9 nitrogen and oxygen atoms in total. The molecule has 122 valence electrons. The molecule has 3 aromatic rings. The van der Waals surface area contributed by atoms with Gasteiger partial charge in [0.05, 0.1) is 16.7 Å². The fourth-order valence-corrected chi connectivity index (χ4v) is 2.01. The van der Waals surface area contributed by atoms with E-state index in [1.54, 1.807) is 19.1 Å². The van der Waals surface area contributed by atoms with Crippen LogP contribution in [0, 0.1) is 17.0 Å². The van der Waals surface area contributed by atoms with E-state index in [2.05, 4.69) is 10.2 Å². The van der Waals surface area contributed by atoms with Crippen molar-refractivity contribution in [2.24, 2.45) is 0 Å². The minimum absolute atomic E-state index is 0.0634. The van der Waals surface area contributed by atoms with Gasteiger partial charge in [0.2, 0.25) is 0 Å². The van der Waals surface area contributed by atoms with Gasteiger partial charge in [0.25, 0.3) is 17.5 Å². The number of benzene rings is 1. The van der Waals surface area contributed by atoms with Gasteiger partial charge in [-0.3, -0.25) is 10.1 Å². The summed E-state index contributed by atoms with van der Waals surface area (Å²) in [5.41, 5.74) is 0.503. The van der Waals surface area contributed by atoms with Crippen molar-refractivity contribution in [3.8, 4) is 11.7 Å². The average Bonchev–Trinajstić information content (AvgIpc) is 3.23. The number of nitro groups is 1. The van der Waals surface area contributed by atoms with Gasteiger partial charge in [-0.2, -0.15) is 0 Å². The predicted molar refractivity (Wildman–Crippen MR) is 79.0 cm³/mol. The average molecular weight is 329 g/mol. The molecule has 2 heterocycles. The third kappa shape index (κ3) is 3.14. The lowest BCUT2D eigenvalue weighted by molar-refractivity contribution is -0.385. The maximum atomic E-state index is 12.0. The van der Waals surface area contributed by atoms with Gasteiger partial charge in [0.1, 0.15) is 0 Å². The van der Waals surface area contributed by atoms with Crippen molar-refractivity contribution in [2.75, 3.05) is 0 Å². The highest BCUT2D eigenvalue weighted by Gasteiger charge is 2.16. The Morgan fingerprint density at radius 1 is 1.33 bits per heavy atom. The third-order valence-corrected chi connectivity index (χ3v) is 3.15. The summed E-state index contributed by atoms with van der Waals surface area (Å²) in [5.74, 6) is 0.0439. The summed E-state index contributed by atoms with van der Waals surface area (Å²) in [6.45, 7) is 1.32. The van der Waals surface area contributed by atoms with Crippen LogP contribution in [-0.2, 0) is 11.3 Å². The zero-order valence-corrected chi connectivity index (χ0v) is 12.5. The van der Waals surface area contributed by atoms with Crippen LogP contribution in [0.2, 0.25) is 0 Å². The highest BCUT2D eigenvalue weighted by atomic mass is 16.6. The van der Waals surface area contributed by atoms with Gasteiger partial charge in [-0.05, 0) is 31.2 Å². The Balaban J connectivity index is 1.65. The molecule has 0 spiro atoms. The van der Waals surface area contributed by atoms with E-state index in [1.165, 1.54) is 24.5 Å². The highest BCUT2D eigenvalue weighted by Crippen LogP contribution is 2.20. The van der Waals surface area contributed by atoms with E-state index in [0.29, 0.717) is 11.3 Å². The molecule has 3 rings (SSSR count). The van der Waals surface area contributed by atoms with Gasteiger partial charge in [0, 0.05) is 11.6 Å². The van der Waals surface area contributed by atoms with Gasteiger partial charge in [0.15, 0.2) is 12.4 Å². The Labute approximate surface area is 135 Å². The standard InChI is InChI=1S/C15H11N3O6/c1-9-7-10(4-5-11(9)18(20)21)15(19)23-8-13-16-17-14(24-13)12-3-2-6-22-12/h2-7H,8H2,1H3. The van der Waals surface area contributed by atoms with Crippen LogP contribution in [0.1, 0.15) is 21.8 Å². The summed E-state index contributed by atoms with van der Waals surface area (Å²) in [6, 6.07) is 7.31. The smallest absolute Gasteiger partial charge is 0.338 e. The number of aromatic nitrogens is 2. The quantitative estimate of drug-likeness (QED) is 0.398. The van der Waals surface area contributed by atoms with Crippen molar-refractivity contribution in [1.82, 2.24) is 10.2 Å². The van der Waals surface area contributed by atoms with Crippen LogP contribution in [0.4, 0.5) is 5.69 Å². The summed E-state index contributed by atoms with van der Waals surface area (Å²) in [6.07, 6.45) is 1.47. The van der Waals surface area contributed by atoms with Crippen molar-refractivity contribution in [3.05, 3.63) is 63.7 Å². The highest BCUT2D eigenvalue weighted by molar-refractivity contribution is 5.90. The van der Waals surface area contributed by atoms with Crippen molar-refractivity contribution < 1.29 is 23.3 Å². The first-order valence-corrected chi connectivity index (χ1v) is 6.83. The summed E-state index contributed by atoms with van der Waals surface area (Å²) in [5, 5.41) is 18.3. The maximum absolute atomic E-state index is 12.0. The van der Waals surface area contributed by atoms with Crippen LogP contribution in [0.15, 0.2) is 45.4 Å². The molecular weight excluding hydrogens is 318 g/mol. The van der Waals surface area contributed by atoms with Gasteiger partial charge < -0.3 is 13.6 Å². The summed E-state index contributed by atoms with van der Waals surface area (Å²) >= 11 is 0. The normalized spacial score (nSPS) is 10.5. The monoisotopic (exact) mass is 329 g/mol. The van der Waals surface area contributed by atoms with E-state index < -0.39 is 10.9 Å². The second kappa shape index (κ2) is 6.32. The van der Waals surface area contributed by atoms with Crippen molar-refractivity contribution in [3.63, 3.8) is 0 Å². The molecule has 0 aliphatic carbocycles. The lowest BCUT2D eigenvalue weighted by Gasteiger charge is -2.03. The summed E-state index contributed by atoms with van der Waals surface area (Å²) in [7, 11) is 0. The minimum atomic E-state index is -0.647. The first-order chi connectivity index (χ1) is 11.5. The minimum Gasteiger partial charge on any atom is -0.459 e. The van der Waals surface area contributed by atoms with Crippen LogP contribution in [0.25, 0.3) is 11.7 Å². The summed E-state index contributed by atoms with van der Waals surface area (Å²) in [4.78, 5) is 22.2. The lowest BCUT2D eigenvalue weighted by atomic mass is 10.1. The number of ether oxygens (including phenoxy) is 1. The Kier molecular flexibility index (Phi) is 4.06. The number of esters is 1. The van der Waals surface area contributed by atoms with Gasteiger partial charge >= 0.3 is 5.97 Å². The molecule has 0 aliphatic rings. The van der Waals surface area contributed by atoms with Crippen LogP contribution in [0.5, 0.6) is 0 Å². The fourth-order valence-electron chi connectivity index (χ4n) is 2.01. The molecule has 0 N–H and O–H groups in total. The number of hydrogen-bond acceptors (Lipinski definition) is 8. The predicted octanol–water partition coefficient (Wildman–Crippen LogP) is 2.90. The molecular formula is C15H11N3O6. The number of carbonyl (C=O) groups excluding carboxylic acids is 1. The molecule has 0 amide bonds. The molecule has 2 aromatic heterocycles. The first kappa shape index (κ1) is 15.4. The number of hydrogen-bond donors (Lipinski definition) is 0. The SMILES string of the molecule is Cc1cc(C(=O)OCc2nnc(-c3ccco3)o2)ccc1[N+](=O)[O-]. The second-order valence-corrected chi connectivity index (χ2v) is 4.81. The molecule has 0 saturated heterocycles. The molecule has 0 saturated carbocycles. The number of furan rings is 1. The number of carbonyl (C=O) groups is 1. The van der Waals surface area contributed by atoms with Crippen LogP contribution in [-0.4, -0.2) is 21.1 Å². The molecule has 0 atom stereocenters. The Hall–Kier alpha value is -3.49. The Bertz CT molecular complexity index is 885. The van der Waals surface area contributed by atoms with Crippen LogP contribution in [0.3, 0.4) is 0 Å². The van der Waals surface area contributed by atoms with Gasteiger partial charge in [-0.25, -0.2) is 4.79 Å². The number of rotatable bonds is 5. The fraction of sp³-hybridized carbons (Fsp3) is 0.133. The molecule has 0 unspecified atom stereocenters. The van der Waals surface area contributed by atoms with E-state index in [4.69, 9.17) is 13.6 Å². The largest absolute Gasteiger partial charge is 0.459 e. The van der Waals surface area contributed by atoms with E-state index in [-0.39, 0.29) is 29.6 Å².